The molecule has 0 amide bonds. The molecular formula is C21H14ClN3O3. The predicted molar refractivity (Wildman–Crippen MR) is 105 cm³/mol. The molecule has 2 heterocycles. The Morgan fingerprint density at radius 1 is 1.07 bits per heavy atom. The molecule has 6 nitrogen and oxygen atoms in total. The molecule has 0 aliphatic rings. The molecule has 138 valence electrons. The number of rotatable bonds is 5. The summed E-state index contributed by atoms with van der Waals surface area (Å²) in [4.78, 5) is 16.4. The molecule has 4 aromatic rings. The maximum Gasteiger partial charge on any atom is 0.331 e. The van der Waals surface area contributed by atoms with Crippen molar-refractivity contribution in [2.24, 2.45) is 0 Å². The van der Waals surface area contributed by atoms with Crippen LogP contribution in [0.4, 0.5) is 0 Å². The van der Waals surface area contributed by atoms with Gasteiger partial charge in [-0.2, -0.15) is 0 Å². The first-order valence-electron chi connectivity index (χ1n) is 8.46. The topological polar surface area (TPSA) is 78.1 Å². The van der Waals surface area contributed by atoms with E-state index < -0.39 is 5.97 Å². The fraction of sp³-hybridized carbons (Fsp3) is 0.0476. The van der Waals surface area contributed by atoms with Gasteiger partial charge in [0.05, 0.1) is 5.52 Å². The van der Waals surface area contributed by atoms with Crippen LogP contribution in [0.2, 0.25) is 5.02 Å². The van der Waals surface area contributed by atoms with Crippen LogP contribution in [0.15, 0.2) is 71.3 Å². The van der Waals surface area contributed by atoms with Crippen molar-refractivity contribution in [2.75, 3.05) is 0 Å². The van der Waals surface area contributed by atoms with Gasteiger partial charge in [-0.05, 0) is 36.4 Å². The Labute approximate surface area is 165 Å². The van der Waals surface area contributed by atoms with Gasteiger partial charge in [0.15, 0.2) is 6.61 Å². The van der Waals surface area contributed by atoms with Gasteiger partial charge >= 0.3 is 5.97 Å². The number of para-hydroxylation sites is 1. The van der Waals surface area contributed by atoms with Crippen LogP contribution in [0.5, 0.6) is 0 Å². The Morgan fingerprint density at radius 2 is 1.89 bits per heavy atom. The standard InChI is InChI=1S/C21H14ClN3O3/c22-17-9-6-16(7-10-17)21-25-24-18(28-21)13-27-19(26)11-8-15-4-1-3-14-5-2-12-23-20(14)15/h1-12H,13H2/b11-8+. The van der Waals surface area contributed by atoms with E-state index in [9.17, 15) is 4.79 Å². The zero-order valence-electron chi connectivity index (χ0n) is 14.6. The fourth-order valence-electron chi connectivity index (χ4n) is 2.62. The number of carbonyl (C=O) groups excluding carboxylic acids is 1. The highest BCUT2D eigenvalue weighted by atomic mass is 35.5. The minimum absolute atomic E-state index is 0.114. The van der Waals surface area contributed by atoms with Crippen LogP contribution in [0, 0.1) is 0 Å². The van der Waals surface area contributed by atoms with E-state index in [-0.39, 0.29) is 12.5 Å². The van der Waals surface area contributed by atoms with Gasteiger partial charge in [0.25, 0.3) is 5.89 Å². The van der Waals surface area contributed by atoms with Crippen LogP contribution >= 0.6 is 11.6 Å². The first kappa shape index (κ1) is 17.9. The lowest BCUT2D eigenvalue weighted by atomic mass is 10.1. The molecule has 28 heavy (non-hydrogen) atoms. The van der Waals surface area contributed by atoms with Crippen LogP contribution in [0.1, 0.15) is 11.5 Å². The lowest BCUT2D eigenvalue weighted by Crippen LogP contribution is -2.01. The second-order valence-corrected chi connectivity index (χ2v) is 6.31. The van der Waals surface area contributed by atoms with Crippen molar-refractivity contribution in [3.63, 3.8) is 0 Å². The molecule has 2 aromatic carbocycles. The zero-order valence-corrected chi connectivity index (χ0v) is 15.3. The van der Waals surface area contributed by atoms with Crippen LogP contribution in [0.25, 0.3) is 28.4 Å². The maximum absolute atomic E-state index is 12.0. The maximum atomic E-state index is 12.0. The monoisotopic (exact) mass is 391 g/mol. The number of aromatic nitrogens is 3. The van der Waals surface area contributed by atoms with Crippen molar-refractivity contribution in [1.82, 2.24) is 15.2 Å². The third kappa shape index (κ3) is 4.07. The molecule has 2 aromatic heterocycles. The lowest BCUT2D eigenvalue weighted by molar-refractivity contribution is -0.139. The van der Waals surface area contributed by atoms with E-state index in [4.69, 9.17) is 20.8 Å². The highest BCUT2D eigenvalue weighted by Crippen LogP contribution is 2.20. The number of fused-ring (bicyclic) bond motifs is 1. The molecule has 0 atom stereocenters. The van der Waals surface area contributed by atoms with Crippen molar-refractivity contribution in [3.05, 3.63) is 83.3 Å². The SMILES string of the molecule is O=C(/C=C/c1cccc2cccnc12)OCc1nnc(-c2ccc(Cl)cc2)o1. The third-order valence-corrected chi connectivity index (χ3v) is 4.21. The molecule has 0 aliphatic heterocycles. The Kier molecular flexibility index (Phi) is 5.12. The van der Waals surface area contributed by atoms with Crippen LogP contribution in [-0.2, 0) is 16.1 Å². The largest absolute Gasteiger partial charge is 0.452 e. The van der Waals surface area contributed by atoms with Crippen LogP contribution < -0.4 is 0 Å². The van der Waals surface area contributed by atoms with Crippen molar-refractivity contribution >= 4 is 34.5 Å². The molecule has 0 saturated carbocycles. The summed E-state index contributed by atoms with van der Waals surface area (Å²) in [6.45, 7) is -0.114. The third-order valence-electron chi connectivity index (χ3n) is 3.96. The van der Waals surface area contributed by atoms with Gasteiger partial charge in [-0.15, -0.1) is 10.2 Å². The van der Waals surface area contributed by atoms with Gasteiger partial charge in [0.2, 0.25) is 5.89 Å². The summed E-state index contributed by atoms with van der Waals surface area (Å²) in [6, 6.07) is 16.6. The average Bonchev–Trinajstić information content (AvgIpc) is 3.20. The highest BCUT2D eigenvalue weighted by molar-refractivity contribution is 6.30. The van der Waals surface area contributed by atoms with Gasteiger partial charge in [0.1, 0.15) is 0 Å². The Balaban J connectivity index is 1.39. The number of pyridine rings is 1. The molecule has 0 aliphatic carbocycles. The number of halogens is 1. The molecule has 0 N–H and O–H groups in total. The number of benzene rings is 2. The van der Waals surface area contributed by atoms with Gasteiger partial charge in [-0.25, -0.2) is 4.79 Å². The van der Waals surface area contributed by atoms with E-state index >= 15 is 0 Å². The van der Waals surface area contributed by atoms with Crippen LogP contribution in [0.3, 0.4) is 0 Å². The predicted octanol–water partition coefficient (Wildman–Crippen LogP) is 4.69. The van der Waals surface area contributed by atoms with E-state index in [1.165, 1.54) is 6.08 Å². The second-order valence-electron chi connectivity index (χ2n) is 5.87. The molecule has 0 spiro atoms. The average molecular weight is 392 g/mol. The fourth-order valence-corrected chi connectivity index (χ4v) is 2.75. The molecule has 0 radical (unpaired) electrons. The summed E-state index contributed by atoms with van der Waals surface area (Å²) in [5.74, 6) is 0.0257. The normalized spacial score (nSPS) is 11.2. The zero-order chi connectivity index (χ0) is 19.3. The van der Waals surface area contributed by atoms with E-state index in [0.717, 1.165) is 22.0 Å². The van der Waals surface area contributed by atoms with E-state index in [0.29, 0.717) is 10.9 Å². The van der Waals surface area contributed by atoms with E-state index in [1.807, 2.05) is 30.3 Å². The number of esters is 1. The second kappa shape index (κ2) is 8.02. The van der Waals surface area contributed by atoms with Crippen molar-refractivity contribution < 1.29 is 13.9 Å². The summed E-state index contributed by atoms with van der Waals surface area (Å²) in [5.41, 5.74) is 2.38. The first-order valence-corrected chi connectivity index (χ1v) is 8.84. The number of hydrogen-bond donors (Lipinski definition) is 0. The van der Waals surface area contributed by atoms with Gasteiger partial charge < -0.3 is 9.15 Å². The Hall–Kier alpha value is -3.51. The minimum atomic E-state index is -0.515. The molecule has 7 heteroatoms. The molecule has 0 bridgehead atoms. The molecule has 4 rings (SSSR count). The van der Waals surface area contributed by atoms with Crippen molar-refractivity contribution in [2.45, 2.75) is 6.61 Å². The lowest BCUT2D eigenvalue weighted by Gasteiger charge is -2.01. The Bertz CT molecular complexity index is 1150. The first-order chi connectivity index (χ1) is 13.7. The number of ether oxygens (including phenoxy) is 1. The van der Waals surface area contributed by atoms with Gasteiger partial charge in [0, 0.05) is 33.8 Å². The van der Waals surface area contributed by atoms with Gasteiger partial charge in [-0.1, -0.05) is 35.9 Å². The molecule has 0 fully saturated rings. The van der Waals surface area contributed by atoms with E-state index in [2.05, 4.69) is 15.2 Å². The van der Waals surface area contributed by atoms with E-state index in [1.54, 1.807) is 36.5 Å². The summed E-state index contributed by atoms with van der Waals surface area (Å²) >= 11 is 5.86. The molecule has 0 unspecified atom stereocenters. The summed E-state index contributed by atoms with van der Waals surface area (Å²) < 4.78 is 10.7. The Morgan fingerprint density at radius 3 is 2.75 bits per heavy atom. The number of hydrogen-bond acceptors (Lipinski definition) is 6. The van der Waals surface area contributed by atoms with Crippen LogP contribution in [-0.4, -0.2) is 21.2 Å². The number of nitrogens with zero attached hydrogens (tertiary/aromatic N) is 3. The quantitative estimate of drug-likeness (QED) is 0.362. The summed E-state index contributed by atoms with van der Waals surface area (Å²) in [5, 5.41) is 9.44. The summed E-state index contributed by atoms with van der Waals surface area (Å²) in [7, 11) is 0. The molecular weight excluding hydrogens is 378 g/mol. The highest BCUT2D eigenvalue weighted by Gasteiger charge is 2.10. The van der Waals surface area contributed by atoms with Crippen molar-refractivity contribution in [1.29, 1.82) is 0 Å². The van der Waals surface area contributed by atoms with Gasteiger partial charge in [-0.3, -0.25) is 4.98 Å². The summed E-state index contributed by atoms with van der Waals surface area (Å²) in [6.07, 6.45) is 4.73. The minimum Gasteiger partial charge on any atom is -0.452 e. The molecule has 0 saturated heterocycles. The number of carbonyl (C=O) groups is 1. The van der Waals surface area contributed by atoms with Crippen molar-refractivity contribution in [3.8, 4) is 11.5 Å². The smallest absolute Gasteiger partial charge is 0.331 e.